The fraction of sp³-hybridized carbons (Fsp3) is 0.667. The Bertz CT molecular complexity index is 345. The maximum absolute atomic E-state index is 11.8. The number of methoxy groups -OCH3 is 1. The first-order chi connectivity index (χ1) is 7.48. The molecule has 1 heterocycles. The summed E-state index contributed by atoms with van der Waals surface area (Å²) in [6.07, 6.45) is 6.32. The zero-order chi connectivity index (χ0) is 12.3. The molecule has 0 aliphatic carbocycles. The van der Waals surface area contributed by atoms with Crippen molar-refractivity contribution >= 4 is 11.9 Å². The summed E-state index contributed by atoms with van der Waals surface area (Å²) in [7, 11) is 1.33. The van der Waals surface area contributed by atoms with Crippen LogP contribution < -0.4 is 0 Å². The van der Waals surface area contributed by atoms with E-state index in [0.717, 1.165) is 0 Å². The lowest BCUT2D eigenvalue weighted by Crippen LogP contribution is -2.46. The van der Waals surface area contributed by atoms with Gasteiger partial charge >= 0.3 is 5.97 Å². The summed E-state index contributed by atoms with van der Waals surface area (Å²) in [6, 6.07) is 0. The summed E-state index contributed by atoms with van der Waals surface area (Å²) in [4.78, 5) is 24.8. The number of terminal acetylenes is 1. The Morgan fingerprint density at radius 1 is 1.75 bits per heavy atom. The lowest BCUT2D eigenvalue weighted by Gasteiger charge is -2.33. The number of carbonyl (C=O) groups excluding carboxylic acids is 2. The largest absolute Gasteiger partial charge is 0.469 e. The van der Waals surface area contributed by atoms with Gasteiger partial charge in [-0.05, 0) is 13.3 Å². The van der Waals surface area contributed by atoms with Crippen molar-refractivity contribution in [2.45, 2.75) is 32.2 Å². The number of esters is 1. The fourth-order valence-electron chi connectivity index (χ4n) is 1.88. The third-order valence-corrected chi connectivity index (χ3v) is 3.25. The lowest BCUT2D eigenvalue weighted by molar-refractivity contribution is -0.145. The van der Waals surface area contributed by atoms with Crippen molar-refractivity contribution in [3.05, 3.63) is 0 Å². The second kappa shape index (κ2) is 4.56. The number of nitrogens with zero attached hydrogens (tertiary/aromatic N) is 1. The molecule has 2 unspecified atom stereocenters. The van der Waals surface area contributed by atoms with Gasteiger partial charge in [0.2, 0.25) is 5.91 Å². The van der Waals surface area contributed by atoms with Crippen molar-refractivity contribution in [3.8, 4) is 12.3 Å². The molecule has 0 aromatic rings. The van der Waals surface area contributed by atoms with E-state index in [1.165, 1.54) is 7.11 Å². The van der Waals surface area contributed by atoms with Gasteiger partial charge in [-0.25, -0.2) is 0 Å². The van der Waals surface area contributed by atoms with Crippen LogP contribution in [0.1, 0.15) is 26.7 Å². The molecule has 0 spiro atoms. The first-order valence-corrected chi connectivity index (χ1v) is 5.34. The average Bonchev–Trinajstić information content (AvgIpc) is 2.70. The molecule has 16 heavy (non-hydrogen) atoms. The minimum Gasteiger partial charge on any atom is -0.469 e. The van der Waals surface area contributed by atoms with Gasteiger partial charge in [0.1, 0.15) is 5.54 Å². The highest BCUT2D eigenvalue weighted by Crippen LogP contribution is 2.28. The van der Waals surface area contributed by atoms with Crippen LogP contribution in [0.4, 0.5) is 0 Å². The number of rotatable bonds is 3. The number of amides is 1. The van der Waals surface area contributed by atoms with E-state index < -0.39 is 5.54 Å². The van der Waals surface area contributed by atoms with Crippen LogP contribution >= 0.6 is 0 Å². The number of likely N-dealkylation sites (tertiary alicyclic amines) is 1. The quantitative estimate of drug-likeness (QED) is 0.525. The van der Waals surface area contributed by atoms with Crippen molar-refractivity contribution in [2.24, 2.45) is 5.92 Å². The van der Waals surface area contributed by atoms with Crippen LogP contribution in [0.2, 0.25) is 0 Å². The van der Waals surface area contributed by atoms with Crippen LogP contribution in [0.15, 0.2) is 0 Å². The Hall–Kier alpha value is -1.50. The Labute approximate surface area is 95.9 Å². The fourth-order valence-corrected chi connectivity index (χ4v) is 1.88. The molecule has 0 N–H and O–H groups in total. The number of hydrogen-bond donors (Lipinski definition) is 0. The summed E-state index contributed by atoms with van der Waals surface area (Å²) >= 11 is 0. The highest BCUT2D eigenvalue weighted by Gasteiger charge is 2.42. The second-order valence-electron chi connectivity index (χ2n) is 4.20. The van der Waals surface area contributed by atoms with E-state index in [-0.39, 0.29) is 24.2 Å². The maximum atomic E-state index is 11.8. The van der Waals surface area contributed by atoms with E-state index in [9.17, 15) is 9.59 Å². The van der Waals surface area contributed by atoms with Gasteiger partial charge in [0.25, 0.3) is 0 Å². The SMILES string of the molecule is C#CC(C)(CC)N1CC(C(=O)OC)CC1=O. The zero-order valence-electron chi connectivity index (χ0n) is 9.95. The van der Waals surface area contributed by atoms with Gasteiger partial charge in [-0.15, -0.1) is 6.42 Å². The third-order valence-electron chi connectivity index (χ3n) is 3.25. The normalized spacial score (nSPS) is 23.8. The lowest BCUT2D eigenvalue weighted by atomic mass is 9.98. The average molecular weight is 223 g/mol. The Morgan fingerprint density at radius 3 is 2.81 bits per heavy atom. The van der Waals surface area contributed by atoms with Crippen molar-refractivity contribution in [2.75, 3.05) is 13.7 Å². The summed E-state index contributed by atoms with van der Waals surface area (Å²) in [5.41, 5.74) is -0.597. The van der Waals surface area contributed by atoms with Crippen LogP contribution in [0.3, 0.4) is 0 Å². The maximum Gasteiger partial charge on any atom is 0.310 e. The molecule has 1 rings (SSSR count). The molecule has 2 atom stereocenters. The van der Waals surface area contributed by atoms with Crippen LogP contribution in [0.5, 0.6) is 0 Å². The van der Waals surface area contributed by atoms with Crippen molar-refractivity contribution in [1.29, 1.82) is 0 Å². The first kappa shape index (κ1) is 12.6. The highest BCUT2D eigenvalue weighted by molar-refractivity contribution is 5.87. The van der Waals surface area contributed by atoms with Crippen LogP contribution in [-0.4, -0.2) is 36.0 Å². The van der Waals surface area contributed by atoms with E-state index in [4.69, 9.17) is 6.42 Å². The summed E-state index contributed by atoms with van der Waals surface area (Å²) in [5, 5.41) is 0. The first-order valence-electron chi connectivity index (χ1n) is 5.34. The van der Waals surface area contributed by atoms with Gasteiger partial charge in [-0.3, -0.25) is 9.59 Å². The molecule has 4 nitrogen and oxygen atoms in total. The molecule has 0 bridgehead atoms. The number of ether oxygens (including phenoxy) is 1. The predicted molar refractivity (Wildman–Crippen MR) is 59.4 cm³/mol. The van der Waals surface area contributed by atoms with Crippen LogP contribution in [-0.2, 0) is 14.3 Å². The van der Waals surface area contributed by atoms with Gasteiger partial charge in [-0.1, -0.05) is 12.8 Å². The summed E-state index contributed by atoms with van der Waals surface area (Å²) < 4.78 is 4.64. The van der Waals surface area contributed by atoms with E-state index >= 15 is 0 Å². The third kappa shape index (κ3) is 2.04. The Kier molecular flexibility index (Phi) is 3.58. The van der Waals surface area contributed by atoms with Gasteiger partial charge in [0, 0.05) is 13.0 Å². The molecule has 0 aromatic carbocycles. The van der Waals surface area contributed by atoms with E-state index in [1.54, 1.807) is 4.90 Å². The summed E-state index contributed by atoms with van der Waals surface area (Å²) in [5.74, 6) is 1.84. The minimum absolute atomic E-state index is 0.0716. The smallest absolute Gasteiger partial charge is 0.310 e. The second-order valence-corrected chi connectivity index (χ2v) is 4.20. The van der Waals surface area contributed by atoms with E-state index in [1.807, 2.05) is 13.8 Å². The molecule has 0 saturated carbocycles. The minimum atomic E-state index is -0.597. The molecular formula is C12H17NO3. The van der Waals surface area contributed by atoms with E-state index in [2.05, 4.69) is 10.7 Å². The zero-order valence-corrected chi connectivity index (χ0v) is 9.95. The van der Waals surface area contributed by atoms with Crippen LogP contribution in [0.25, 0.3) is 0 Å². The van der Waals surface area contributed by atoms with E-state index in [0.29, 0.717) is 13.0 Å². The predicted octanol–water partition coefficient (Wildman–Crippen LogP) is 0.810. The van der Waals surface area contributed by atoms with Crippen molar-refractivity contribution < 1.29 is 14.3 Å². The number of carbonyl (C=O) groups is 2. The van der Waals surface area contributed by atoms with Crippen molar-refractivity contribution in [3.63, 3.8) is 0 Å². The molecule has 0 aromatic heterocycles. The molecule has 1 aliphatic heterocycles. The molecule has 4 heteroatoms. The molecule has 88 valence electrons. The van der Waals surface area contributed by atoms with Crippen molar-refractivity contribution in [1.82, 2.24) is 4.90 Å². The van der Waals surface area contributed by atoms with Gasteiger partial charge < -0.3 is 9.64 Å². The number of hydrogen-bond acceptors (Lipinski definition) is 3. The molecular weight excluding hydrogens is 206 g/mol. The Morgan fingerprint density at radius 2 is 2.38 bits per heavy atom. The molecule has 1 aliphatic rings. The molecule has 1 fully saturated rings. The van der Waals surface area contributed by atoms with Crippen LogP contribution in [0, 0.1) is 18.3 Å². The highest BCUT2D eigenvalue weighted by atomic mass is 16.5. The Balaban J connectivity index is 2.83. The van der Waals surface area contributed by atoms with Gasteiger partial charge in [0.15, 0.2) is 0 Å². The summed E-state index contributed by atoms with van der Waals surface area (Å²) in [6.45, 7) is 4.13. The van der Waals surface area contributed by atoms with Gasteiger partial charge in [0.05, 0.1) is 13.0 Å². The topological polar surface area (TPSA) is 46.6 Å². The molecule has 1 saturated heterocycles. The van der Waals surface area contributed by atoms with Gasteiger partial charge in [-0.2, -0.15) is 0 Å². The standard InChI is InChI=1S/C12H17NO3/c1-5-12(3,6-2)13-8-9(7-10(13)14)11(15)16-4/h1,9H,6-8H2,2-4H3. The molecule has 0 radical (unpaired) electrons. The monoisotopic (exact) mass is 223 g/mol. The molecule has 1 amide bonds.